The molecule has 0 saturated carbocycles. The Morgan fingerprint density at radius 1 is 1.24 bits per heavy atom. The van der Waals surface area contributed by atoms with E-state index in [1.165, 1.54) is 12.1 Å². The zero-order valence-corrected chi connectivity index (χ0v) is 9.79. The molecule has 0 spiro atoms. The van der Waals surface area contributed by atoms with E-state index < -0.39 is 0 Å². The van der Waals surface area contributed by atoms with Crippen LogP contribution in [0.4, 0.5) is 4.39 Å². The predicted octanol–water partition coefficient (Wildman–Crippen LogP) is 1.19. The minimum absolute atomic E-state index is 0.125. The first-order chi connectivity index (χ1) is 8.25. The van der Waals surface area contributed by atoms with Gasteiger partial charge in [0, 0.05) is 19.6 Å². The van der Waals surface area contributed by atoms with Crippen molar-refractivity contribution in [1.29, 1.82) is 0 Å². The maximum absolute atomic E-state index is 12.7. The summed E-state index contributed by atoms with van der Waals surface area (Å²) in [5.74, 6) is -0.138. The zero-order valence-electron chi connectivity index (χ0n) is 9.79. The van der Waals surface area contributed by atoms with Crippen molar-refractivity contribution >= 4 is 5.91 Å². The highest BCUT2D eigenvalue weighted by atomic mass is 19.1. The van der Waals surface area contributed by atoms with Crippen molar-refractivity contribution in [2.45, 2.75) is 12.8 Å². The summed E-state index contributed by atoms with van der Waals surface area (Å²) in [5.41, 5.74) is 0.869. The average molecular weight is 236 g/mol. The van der Waals surface area contributed by atoms with Crippen molar-refractivity contribution in [1.82, 2.24) is 10.2 Å². The minimum Gasteiger partial charge on any atom is -0.341 e. The number of hydrogen-bond donors (Lipinski definition) is 1. The Kier molecular flexibility index (Phi) is 4.09. The van der Waals surface area contributed by atoms with Crippen molar-refractivity contribution in [2.75, 3.05) is 26.2 Å². The van der Waals surface area contributed by atoms with E-state index in [0.717, 1.165) is 38.2 Å². The van der Waals surface area contributed by atoms with Gasteiger partial charge in [-0.15, -0.1) is 0 Å². The summed E-state index contributed by atoms with van der Waals surface area (Å²) < 4.78 is 12.7. The molecule has 92 valence electrons. The quantitative estimate of drug-likeness (QED) is 0.836. The number of hydrogen-bond acceptors (Lipinski definition) is 2. The topological polar surface area (TPSA) is 32.3 Å². The van der Waals surface area contributed by atoms with Gasteiger partial charge in [-0.25, -0.2) is 4.39 Å². The van der Waals surface area contributed by atoms with Crippen LogP contribution in [-0.4, -0.2) is 37.0 Å². The highest BCUT2D eigenvalue weighted by Gasteiger charge is 2.15. The van der Waals surface area contributed by atoms with Gasteiger partial charge in [0.05, 0.1) is 6.42 Å². The molecule has 0 unspecified atom stereocenters. The van der Waals surface area contributed by atoms with Gasteiger partial charge in [0.1, 0.15) is 5.82 Å². The van der Waals surface area contributed by atoms with E-state index in [4.69, 9.17) is 0 Å². The molecule has 1 aromatic rings. The van der Waals surface area contributed by atoms with Crippen LogP contribution in [0.2, 0.25) is 0 Å². The largest absolute Gasteiger partial charge is 0.341 e. The number of carbonyl (C=O) groups is 1. The number of benzene rings is 1. The van der Waals surface area contributed by atoms with Gasteiger partial charge in [-0.05, 0) is 30.7 Å². The van der Waals surface area contributed by atoms with Gasteiger partial charge >= 0.3 is 0 Å². The van der Waals surface area contributed by atoms with E-state index in [1.54, 1.807) is 12.1 Å². The van der Waals surface area contributed by atoms with Crippen molar-refractivity contribution in [3.05, 3.63) is 35.6 Å². The average Bonchev–Trinajstić information content (AvgIpc) is 2.61. The minimum atomic E-state index is -0.264. The van der Waals surface area contributed by atoms with Crippen LogP contribution >= 0.6 is 0 Å². The Morgan fingerprint density at radius 2 is 2.00 bits per heavy atom. The van der Waals surface area contributed by atoms with Crippen LogP contribution in [-0.2, 0) is 11.2 Å². The lowest BCUT2D eigenvalue weighted by molar-refractivity contribution is -0.130. The third-order valence-electron chi connectivity index (χ3n) is 2.96. The molecule has 3 nitrogen and oxygen atoms in total. The second-order valence-corrected chi connectivity index (χ2v) is 4.29. The fraction of sp³-hybridized carbons (Fsp3) is 0.462. The molecule has 1 N–H and O–H groups in total. The molecule has 0 bridgehead atoms. The Bertz CT molecular complexity index is 370. The Morgan fingerprint density at radius 3 is 2.76 bits per heavy atom. The fourth-order valence-electron chi connectivity index (χ4n) is 1.98. The monoisotopic (exact) mass is 236 g/mol. The van der Waals surface area contributed by atoms with Crippen molar-refractivity contribution in [2.24, 2.45) is 0 Å². The molecule has 4 heteroatoms. The van der Waals surface area contributed by atoms with Crippen LogP contribution in [0.25, 0.3) is 0 Å². The van der Waals surface area contributed by atoms with Crippen molar-refractivity contribution < 1.29 is 9.18 Å². The lowest BCUT2D eigenvalue weighted by atomic mass is 10.1. The molecule has 1 aliphatic heterocycles. The number of nitrogens with one attached hydrogen (secondary N) is 1. The summed E-state index contributed by atoms with van der Waals surface area (Å²) in [5, 5.41) is 3.26. The van der Waals surface area contributed by atoms with Crippen LogP contribution in [0, 0.1) is 5.82 Å². The third-order valence-corrected chi connectivity index (χ3v) is 2.96. The van der Waals surface area contributed by atoms with Crippen molar-refractivity contribution in [3.8, 4) is 0 Å². The highest BCUT2D eigenvalue weighted by Crippen LogP contribution is 2.06. The van der Waals surface area contributed by atoms with Gasteiger partial charge < -0.3 is 10.2 Å². The standard InChI is InChI=1S/C13H17FN2O/c14-12-4-2-11(3-5-12)10-13(17)16-8-1-6-15-7-9-16/h2-5,15H,1,6-10H2. The second-order valence-electron chi connectivity index (χ2n) is 4.29. The predicted molar refractivity (Wildman–Crippen MR) is 64.2 cm³/mol. The number of amides is 1. The molecule has 0 atom stereocenters. The summed E-state index contributed by atoms with van der Waals surface area (Å²) in [7, 11) is 0. The molecular weight excluding hydrogens is 219 g/mol. The SMILES string of the molecule is O=C(Cc1ccc(F)cc1)N1CCCNCC1. The maximum atomic E-state index is 12.7. The summed E-state index contributed by atoms with van der Waals surface area (Å²) in [6.07, 6.45) is 1.36. The fourth-order valence-corrected chi connectivity index (χ4v) is 1.98. The van der Waals surface area contributed by atoms with E-state index in [0.29, 0.717) is 6.42 Å². The number of rotatable bonds is 2. The molecule has 1 heterocycles. The molecular formula is C13H17FN2O. The first-order valence-electron chi connectivity index (χ1n) is 5.98. The third kappa shape index (κ3) is 3.53. The summed E-state index contributed by atoms with van der Waals surface area (Å²) in [6.45, 7) is 3.41. The van der Waals surface area contributed by atoms with E-state index >= 15 is 0 Å². The van der Waals surface area contributed by atoms with Crippen LogP contribution in [0.5, 0.6) is 0 Å². The van der Waals surface area contributed by atoms with Crippen LogP contribution in [0.1, 0.15) is 12.0 Å². The molecule has 1 saturated heterocycles. The van der Waals surface area contributed by atoms with E-state index in [2.05, 4.69) is 5.32 Å². The molecule has 1 aromatic carbocycles. The number of nitrogens with zero attached hydrogens (tertiary/aromatic N) is 1. The van der Waals surface area contributed by atoms with Crippen LogP contribution in [0.15, 0.2) is 24.3 Å². The molecule has 0 radical (unpaired) electrons. The number of halogens is 1. The van der Waals surface area contributed by atoms with E-state index in [1.807, 2.05) is 4.90 Å². The van der Waals surface area contributed by atoms with Gasteiger partial charge in [-0.1, -0.05) is 12.1 Å². The molecule has 1 fully saturated rings. The Hall–Kier alpha value is -1.42. The molecule has 17 heavy (non-hydrogen) atoms. The smallest absolute Gasteiger partial charge is 0.227 e. The van der Waals surface area contributed by atoms with Crippen LogP contribution < -0.4 is 5.32 Å². The first kappa shape index (κ1) is 12.0. The first-order valence-corrected chi connectivity index (χ1v) is 5.98. The lowest BCUT2D eigenvalue weighted by Gasteiger charge is -2.19. The summed E-state index contributed by atoms with van der Waals surface area (Å²) >= 11 is 0. The Labute approximate surface area is 101 Å². The van der Waals surface area contributed by atoms with E-state index in [9.17, 15) is 9.18 Å². The molecule has 1 aliphatic rings. The van der Waals surface area contributed by atoms with Gasteiger partial charge in [0.2, 0.25) is 5.91 Å². The van der Waals surface area contributed by atoms with Crippen molar-refractivity contribution in [3.63, 3.8) is 0 Å². The summed E-state index contributed by atoms with van der Waals surface area (Å²) in [6, 6.07) is 6.13. The molecule has 0 aromatic heterocycles. The van der Waals surface area contributed by atoms with E-state index in [-0.39, 0.29) is 11.7 Å². The van der Waals surface area contributed by atoms with Gasteiger partial charge in [0.25, 0.3) is 0 Å². The van der Waals surface area contributed by atoms with Crippen LogP contribution in [0.3, 0.4) is 0 Å². The molecule has 0 aliphatic carbocycles. The molecule has 2 rings (SSSR count). The Balaban J connectivity index is 1.93. The van der Waals surface area contributed by atoms with Gasteiger partial charge in [-0.3, -0.25) is 4.79 Å². The second kappa shape index (κ2) is 5.77. The molecule has 1 amide bonds. The maximum Gasteiger partial charge on any atom is 0.227 e. The van der Waals surface area contributed by atoms with Gasteiger partial charge in [0.15, 0.2) is 0 Å². The lowest BCUT2D eigenvalue weighted by Crippen LogP contribution is -2.35. The summed E-state index contributed by atoms with van der Waals surface area (Å²) in [4.78, 5) is 13.9. The van der Waals surface area contributed by atoms with Gasteiger partial charge in [-0.2, -0.15) is 0 Å². The highest BCUT2D eigenvalue weighted by molar-refractivity contribution is 5.78. The normalized spacial score (nSPS) is 16.6. The number of carbonyl (C=O) groups excluding carboxylic acids is 1. The zero-order chi connectivity index (χ0) is 12.1.